The molecule has 14 heteroatoms. The molecule has 0 aliphatic heterocycles. The van der Waals surface area contributed by atoms with E-state index >= 15 is 0 Å². The lowest BCUT2D eigenvalue weighted by atomic mass is 10.1. The van der Waals surface area contributed by atoms with E-state index in [1.165, 1.54) is 0 Å². The van der Waals surface area contributed by atoms with Crippen LogP contribution in [0.2, 0.25) is 10.0 Å². The first-order valence-electron chi connectivity index (χ1n) is 12.8. The zero-order valence-corrected chi connectivity index (χ0v) is 24.3. The molecule has 3 rings (SSSR count). The Morgan fingerprint density at radius 3 is 1.21 bits per heavy atom. The summed E-state index contributed by atoms with van der Waals surface area (Å²) in [5.74, 6) is 0.156. The minimum atomic E-state index is -0.137. The lowest BCUT2D eigenvalue weighted by Crippen LogP contribution is -2.40. The fourth-order valence-electron chi connectivity index (χ4n) is 3.70. The molecule has 0 unspecified atom stereocenters. The minimum absolute atomic E-state index is 0.0322. The molecule has 0 aromatic heterocycles. The van der Waals surface area contributed by atoms with Gasteiger partial charge in [0.1, 0.15) is 0 Å². The van der Waals surface area contributed by atoms with Gasteiger partial charge in [0.05, 0.1) is 11.4 Å². The molecular weight excluding hydrogens is 575 g/mol. The Hall–Kier alpha value is -4.36. The Balaban J connectivity index is 1.68. The van der Waals surface area contributed by atoms with Crippen LogP contribution in [0.25, 0.3) is 0 Å². The number of rotatable bonds is 10. The van der Waals surface area contributed by atoms with Crippen molar-refractivity contribution in [1.82, 2.24) is 21.3 Å². The van der Waals surface area contributed by atoms with Crippen LogP contribution < -0.4 is 34.4 Å². The van der Waals surface area contributed by atoms with E-state index < -0.39 is 0 Å². The maximum Gasteiger partial charge on any atom is 0.223 e. The van der Waals surface area contributed by atoms with Gasteiger partial charge in [-0.15, -0.1) is 11.5 Å². The monoisotopic (exact) mass is 606 g/mol. The Kier molecular flexibility index (Phi) is 12.4. The molecule has 0 atom stereocenters. The van der Waals surface area contributed by atoms with E-state index in [0.29, 0.717) is 34.5 Å². The summed E-state index contributed by atoms with van der Waals surface area (Å²) in [5, 5.41) is 1.16. The fraction of sp³-hybridized carbons (Fsp3) is 0.214. The largest absolute Gasteiger partial charge is 0.369 e. The zero-order valence-electron chi connectivity index (χ0n) is 22.8. The lowest BCUT2D eigenvalue weighted by Gasteiger charge is -2.24. The zero-order chi connectivity index (χ0) is 30.5. The Bertz CT molecular complexity index is 1290. The summed E-state index contributed by atoms with van der Waals surface area (Å²) in [5.41, 5.74) is 46.4. The molecular formula is C28H32Cl2N12. The van der Waals surface area contributed by atoms with Gasteiger partial charge in [-0.25, -0.2) is 9.98 Å². The van der Waals surface area contributed by atoms with Crippen molar-refractivity contribution in [2.24, 2.45) is 42.9 Å². The van der Waals surface area contributed by atoms with Crippen molar-refractivity contribution in [3.8, 4) is 0 Å². The first-order valence-corrected chi connectivity index (χ1v) is 13.6. The molecule has 0 aliphatic carbocycles. The van der Waals surface area contributed by atoms with E-state index in [4.69, 9.17) is 46.1 Å². The van der Waals surface area contributed by atoms with Crippen LogP contribution in [0.4, 0.5) is 11.4 Å². The number of nitrogens with two attached hydrogens (primary N) is 4. The van der Waals surface area contributed by atoms with Crippen LogP contribution >= 0.6 is 23.2 Å². The van der Waals surface area contributed by atoms with E-state index in [9.17, 15) is 11.5 Å². The smallest absolute Gasteiger partial charge is 0.223 e. The van der Waals surface area contributed by atoms with Gasteiger partial charge in [0, 0.05) is 49.3 Å². The van der Waals surface area contributed by atoms with E-state index in [-0.39, 0.29) is 50.0 Å². The van der Waals surface area contributed by atoms with Crippen LogP contribution in [-0.2, 0) is 13.1 Å². The predicted molar refractivity (Wildman–Crippen MR) is 170 cm³/mol. The summed E-state index contributed by atoms with van der Waals surface area (Å²) < 4.78 is 0. The quantitative estimate of drug-likeness (QED) is 0.201. The molecule has 0 saturated carbocycles. The maximum atomic E-state index is 9.56. The highest BCUT2D eigenvalue weighted by molar-refractivity contribution is 6.30. The SMILES string of the molecule is [N]CCN(Cc1ccc(CN(CC[N])/C(N)=N/C(N)=Nc2ccc(Cl)cc2)cc1)/C(N)=N/C(N)=Nc1ccc(Cl)cc1. The van der Waals surface area contributed by atoms with Crippen molar-refractivity contribution < 1.29 is 0 Å². The summed E-state index contributed by atoms with van der Waals surface area (Å²) in [6.45, 7) is 0.935. The minimum Gasteiger partial charge on any atom is -0.369 e. The third-order valence-electron chi connectivity index (χ3n) is 5.76. The van der Waals surface area contributed by atoms with Gasteiger partial charge < -0.3 is 32.7 Å². The number of hydrogen-bond acceptors (Lipinski definition) is 2. The van der Waals surface area contributed by atoms with Crippen LogP contribution in [0.15, 0.2) is 92.8 Å². The van der Waals surface area contributed by atoms with Gasteiger partial charge in [0.25, 0.3) is 0 Å². The summed E-state index contributed by atoms with van der Waals surface area (Å²) >= 11 is 11.8. The summed E-state index contributed by atoms with van der Waals surface area (Å²) in [6, 6.07) is 21.3. The van der Waals surface area contributed by atoms with E-state index in [0.717, 1.165) is 11.1 Å². The van der Waals surface area contributed by atoms with E-state index in [1.807, 2.05) is 24.3 Å². The van der Waals surface area contributed by atoms with Crippen LogP contribution in [0.5, 0.6) is 0 Å². The molecule has 42 heavy (non-hydrogen) atoms. The molecule has 12 nitrogen and oxygen atoms in total. The highest BCUT2D eigenvalue weighted by Crippen LogP contribution is 2.17. The van der Waals surface area contributed by atoms with Gasteiger partial charge >= 0.3 is 0 Å². The van der Waals surface area contributed by atoms with Gasteiger partial charge in [0.2, 0.25) is 11.9 Å². The van der Waals surface area contributed by atoms with Crippen LogP contribution in [0.3, 0.4) is 0 Å². The number of aliphatic imine (C=N–C) groups is 4. The van der Waals surface area contributed by atoms with Gasteiger partial charge in [-0.2, -0.15) is 9.98 Å². The second-order valence-electron chi connectivity index (χ2n) is 8.94. The molecule has 0 fully saturated rings. The number of halogens is 2. The molecule has 0 aliphatic rings. The Labute approximate surface area is 255 Å². The Morgan fingerprint density at radius 1 is 0.571 bits per heavy atom. The molecule has 0 amide bonds. The average molecular weight is 608 g/mol. The van der Waals surface area contributed by atoms with Crippen LogP contribution in [0, 0.1) is 0 Å². The topological polar surface area (TPSA) is 205 Å². The van der Waals surface area contributed by atoms with Crippen molar-refractivity contribution in [1.29, 1.82) is 0 Å². The Morgan fingerprint density at radius 2 is 0.905 bits per heavy atom. The lowest BCUT2D eigenvalue weighted by molar-refractivity contribution is 0.413. The van der Waals surface area contributed by atoms with Crippen molar-refractivity contribution in [2.45, 2.75) is 13.1 Å². The maximum absolute atomic E-state index is 9.56. The molecule has 218 valence electrons. The third-order valence-corrected chi connectivity index (χ3v) is 6.26. The number of guanidine groups is 4. The molecule has 0 bridgehead atoms. The van der Waals surface area contributed by atoms with Crippen molar-refractivity contribution in [3.63, 3.8) is 0 Å². The second kappa shape index (κ2) is 16.2. The molecule has 8 N–H and O–H groups in total. The highest BCUT2D eigenvalue weighted by Gasteiger charge is 2.12. The number of nitrogens with zero attached hydrogens (tertiary/aromatic N) is 8. The molecule has 0 saturated heterocycles. The molecule has 0 spiro atoms. The predicted octanol–water partition coefficient (Wildman–Crippen LogP) is 2.66. The normalized spacial score (nSPS) is 12.9. The average Bonchev–Trinajstić information content (AvgIpc) is 2.96. The van der Waals surface area contributed by atoms with Crippen LogP contribution in [-0.4, -0.2) is 59.8 Å². The number of hydrogen-bond donors (Lipinski definition) is 4. The van der Waals surface area contributed by atoms with Gasteiger partial charge in [-0.1, -0.05) is 47.5 Å². The second-order valence-corrected chi connectivity index (χ2v) is 9.81. The highest BCUT2D eigenvalue weighted by atomic mass is 35.5. The fourth-order valence-corrected chi connectivity index (χ4v) is 3.96. The first kappa shape index (κ1) is 32.2. The molecule has 3 aromatic carbocycles. The van der Waals surface area contributed by atoms with Crippen molar-refractivity contribution in [2.75, 3.05) is 26.2 Å². The summed E-state index contributed by atoms with van der Waals surface area (Å²) in [7, 11) is 0. The molecule has 4 radical (unpaired) electrons. The van der Waals surface area contributed by atoms with E-state index in [2.05, 4.69) is 20.0 Å². The molecule has 0 heterocycles. The first-order chi connectivity index (χ1) is 20.2. The third kappa shape index (κ3) is 10.6. The van der Waals surface area contributed by atoms with Crippen molar-refractivity contribution >= 4 is 58.4 Å². The van der Waals surface area contributed by atoms with Gasteiger partial charge in [-0.05, 0) is 59.7 Å². The summed E-state index contributed by atoms with van der Waals surface area (Å²) in [4.78, 5) is 20.2. The van der Waals surface area contributed by atoms with Gasteiger partial charge in [0.15, 0.2) is 11.9 Å². The standard InChI is InChI=1S/C28H32Cl2N12/c29-21-5-9-23(10-6-21)37-25(33)39-27(35)41(15-13-31)17-19-1-2-20(4-3-19)18-42(16-14-32)28(36)40-26(34)38-24-11-7-22(30)8-12-24/h1-12H,13-18H2,(H4,33,35,37,39)(H4,34,36,38,40). The van der Waals surface area contributed by atoms with Gasteiger partial charge in [-0.3, -0.25) is 0 Å². The van der Waals surface area contributed by atoms with Crippen molar-refractivity contribution in [3.05, 3.63) is 94.0 Å². The number of benzene rings is 3. The summed E-state index contributed by atoms with van der Waals surface area (Å²) in [6.07, 6.45) is 0. The van der Waals surface area contributed by atoms with E-state index in [1.54, 1.807) is 58.3 Å². The molecule has 3 aromatic rings. The van der Waals surface area contributed by atoms with Crippen LogP contribution in [0.1, 0.15) is 11.1 Å².